The summed E-state index contributed by atoms with van der Waals surface area (Å²) in [5, 5.41) is 0. The molecule has 1 rings (SSSR count). The van der Waals surface area contributed by atoms with Crippen LogP contribution in [0.25, 0.3) is 0 Å². The molecule has 0 aromatic heterocycles. The molecule has 68 valence electrons. The molecule has 2 nitrogen and oxygen atoms in total. The monoisotopic (exact) mass is 186 g/mol. The quantitative estimate of drug-likeness (QED) is 0.614. The Morgan fingerprint density at radius 2 is 1.58 bits per heavy atom. The molecule has 0 unspecified atom stereocenters. The van der Waals surface area contributed by atoms with Gasteiger partial charge >= 0.3 is 0 Å². The molecule has 0 saturated heterocycles. The fourth-order valence-electron chi connectivity index (χ4n) is 1.02. The van der Waals surface area contributed by atoms with Crippen molar-refractivity contribution in [1.82, 2.24) is 0 Å². The average molecular weight is 186 g/mol. The van der Waals surface area contributed by atoms with Crippen LogP contribution >= 0.6 is 8.38 Å². The van der Waals surface area contributed by atoms with Crippen LogP contribution in [0.3, 0.4) is 0 Å². The Balaban J connectivity index is 2.40. The molecule has 0 amide bonds. The molecule has 0 aromatic rings. The molecular weight excluding hydrogens is 171 g/mol. The lowest BCUT2D eigenvalue weighted by Crippen LogP contribution is -2.02. The fraction of sp³-hybridized carbons (Fsp3) is 0.556. The van der Waals surface area contributed by atoms with Crippen LogP contribution in [0.15, 0.2) is 24.3 Å². The Kier molecular flexibility index (Phi) is 4.52. The molecule has 0 saturated carbocycles. The molecule has 0 spiro atoms. The lowest BCUT2D eigenvalue weighted by atomic mass is 10.5. The van der Waals surface area contributed by atoms with Gasteiger partial charge in [-0.3, -0.25) is 0 Å². The van der Waals surface area contributed by atoms with E-state index in [0.717, 1.165) is 13.2 Å². The lowest BCUT2D eigenvalue weighted by molar-refractivity contribution is 0.268. The fourth-order valence-corrected chi connectivity index (χ4v) is 2.43. The molecule has 0 aliphatic heterocycles. The van der Waals surface area contributed by atoms with Gasteiger partial charge in [-0.15, -0.1) is 0 Å². The highest BCUT2D eigenvalue weighted by Crippen LogP contribution is 2.46. The lowest BCUT2D eigenvalue weighted by Gasteiger charge is -2.18. The summed E-state index contributed by atoms with van der Waals surface area (Å²) in [5.41, 5.74) is 0.361. The molecular formula is C9H15O2P. The van der Waals surface area contributed by atoms with Crippen molar-refractivity contribution < 1.29 is 9.05 Å². The van der Waals surface area contributed by atoms with Crippen molar-refractivity contribution in [3.8, 4) is 0 Å². The molecule has 0 heterocycles. The molecule has 0 fully saturated rings. The number of allylic oxidation sites excluding steroid dienone is 4. The summed E-state index contributed by atoms with van der Waals surface area (Å²) in [4.78, 5) is 0. The second-order valence-electron chi connectivity index (χ2n) is 2.38. The van der Waals surface area contributed by atoms with E-state index in [-0.39, 0.29) is 0 Å². The van der Waals surface area contributed by atoms with Gasteiger partial charge < -0.3 is 9.05 Å². The first-order chi connectivity index (χ1) is 5.88. The SMILES string of the molecule is CCOP(OCC)C1C=CC=C1. The van der Waals surface area contributed by atoms with Crippen molar-refractivity contribution in [3.63, 3.8) is 0 Å². The van der Waals surface area contributed by atoms with Crippen molar-refractivity contribution in [2.75, 3.05) is 13.2 Å². The minimum absolute atomic E-state index is 0.361. The molecule has 0 atom stereocenters. The van der Waals surface area contributed by atoms with E-state index >= 15 is 0 Å². The summed E-state index contributed by atoms with van der Waals surface area (Å²) in [6.45, 7) is 5.45. The summed E-state index contributed by atoms with van der Waals surface area (Å²) in [5.74, 6) is 0. The molecule has 0 radical (unpaired) electrons. The highest BCUT2D eigenvalue weighted by atomic mass is 31.2. The standard InChI is InChI=1S/C9H15O2P/c1-3-10-12(11-4-2)9-7-5-6-8-9/h5-9H,3-4H2,1-2H3. The maximum Gasteiger partial charge on any atom is 0.181 e. The van der Waals surface area contributed by atoms with Gasteiger partial charge in [0.2, 0.25) is 0 Å². The van der Waals surface area contributed by atoms with Gasteiger partial charge in [-0.2, -0.15) is 0 Å². The Morgan fingerprint density at radius 1 is 1.08 bits per heavy atom. The van der Waals surface area contributed by atoms with E-state index < -0.39 is 8.38 Å². The van der Waals surface area contributed by atoms with Crippen LogP contribution in [0.4, 0.5) is 0 Å². The van der Waals surface area contributed by atoms with Crippen molar-refractivity contribution in [1.29, 1.82) is 0 Å². The Bertz CT molecular complexity index is 159. The van der Waals surface area contributed by atoms with Crippen LogP contribution in [0.2, 0.25) is 0 Å². The van der Waals surface area contributed by atoms with E-state index in [9.17, 15) is 0 Å². The minimum Gasteiger partial charge on any atom is -0.334 e. The number of hydrogen-bond acceptors (Lipinski definition) is 2. The molecule has 12 heavy (non-hydrogen) atoms. The van der Waals surface area contributed by atoms with E-state index in [4.69, 9.17) is 9.05 Å². The molecule has 0 bridgehead atoms. The van der Waals surface area contributed by atoms with Gasteiger partial charge in [-0.05, 0) is 13.8 Å². The van der Waals surface area contributed by atoms with Gasteiger partial charge in [0.1, 0.15) is 0 Å². The highest BCUT2D eigenvalue weighted by molar-refractivity contribution is 7.48. The third-order valence-corrected chi connectivity index (χ3v) is 3.34. The van der Waals surface area contributed by atoms with Crippen LogP contribution in [-0.4, -0.2) is 18.9 Å². The molecule has 0 aromatic carbocycles. The van der Waals surface area contributed by atoms with E-state index in [2.05, 4.69) is 12.2 Å². The summed E-state index contributed by atoms with van der Waals surface area (Å²) < 4.78 is 11.0. The van der Waals surface area contributed by atoms with Gasteiger partial charge in [-0.25, -0.2) is 0 Å². The van der Waals surface area contributed by atoms with Crippen LogP contribution < -0.4 is 0 Å². The second-order valence-corrected chi connectivity index (χ2v) is 4.06. The predicted molar refractivity (Wildman–Crippen MR) is 52.2 cm³/mol. The maximum absolute atomic E-state index is 5.51. The first-order valence-corrected chi connectivity index (χ1v) is 5.53. The zero-order valence-corrected chi connectivity index (χ0v) is 8.46. The van der Waals surface area contributed by atoms with Crippen molar-refractivity contribution >= 4 is 8.38 Å². The third-order valence-electron chi connectivity index (χ3n) is 1.48. The maximum atomic E-state index is 5.51. The molecule has 1 aliphatic rings. The Hall–Kier alpha value is -0.170. The van der Waals surface area contributed by atoms with E-state index in [0.29, 0.717) is 5.66 Å². The summed E-state index contributed by atoms with van der Waals surface area (Å²) in [6, 6.07) is 0. The number of rotatable bonds is 5. The summed E-state index contributed by atoms with van der Waals surface area (Å²) in [6.07, 6.45) is 8.32. The van der Waals surface area contributed by atoms with Gasteiger partial charge in [0.25, 0.3) is 0 Å². The normalized spacial score (nSPS) is 16.6. The first kappa shape index (κ1) is 9.91. The third kappa shape index (κ3) is 2.71. The Labute approximate surface area is 75.2 Å². The smallest absolute Gasteiger partial charge is 0.181 e. The zero-order valence-electron chi connectivity index (χ0n) is 7.56. The van der Waals surface area contributed by atoms with Gasteiger partial charge in [0.05, 0.1) is 18.9 Å². The van der Waals surface area contributed by atoms with E-state index in [1.54, 1.807) is 0 Å². The summed E-state index contributed by atoms with van der Waals surface area (Å²) >= 11 is 0. The number of hydrogen-bond donors (Lipinski definition) is 0. The predicted octanol–water partition coefficient (Wildman–Crippen LogP) is 2.87. The van der Waals surface area contributed by atoms with Crippen molar-refractivity contribution in [2.45, 2.75) is 19.5 Å². The highest BCUT2D eigenvalue weighted by Gasteiger charge is 2.19. The van der Waals surface area contributed by atoms with Gasteiger partial charge in [0, 0.05) is 0 Å². The van der Waals surface area contributed by atoms with Crippen molar-refractivity contribution in [3.05, 3.63) is 24.3 Å². The average Bonchev–Trinajstić information content (AvgIpc) is 2.56. The second kappa shape index (κ2) is 5.47. The van der Waals surface area contributed by atoms with Gasteiger partial charge in [-0.1, -0.05) is 24.3 Å². The van der Waals surface area contributed by atoms with Crippen LogP contribution in [0.5, 0.6) is 0 Å². The van der Waals surface area contributed by atoms with E-state index in [1.807, 2.05) is 26.0 Å². The summed E-state index contributed by atoms with van der Waals surface area (Å²) in [7, 11) is -0.736. The van der Waals surface area contributed by atoms with Gasteiger partial charge in [0.15, 0.2) is 8.38 Å². The van der Waals surface area contributed by atoms with Crippen LogP contribution in [-0.2, 0) is 9.05 Å². The first-order valence-electron chi connectivity index (χ1n) is 4.28. The zero-order chi connectivity index (χ0) is 8.81. The van der Waals surface area contributed by atoms with E-state index in [1.165, 1.54) is 0 Å². The van der Waals surface area contributed by atoms with Crippen molar-refractivity contribution in [2.24, 2.45) is 0 Å². The Morgan fingerprint density at radius 3 is 2.00 bits per heavy atom. The molecule has 1 aliphatic carbocycles. The topological polar surface area (TPSA) is 18.5 Å². The molecule has 3 heteroatoms. The molecule has 0 N–H and O–H groups in total. The van der Waals surface area contributed by atoms with Crippen LogP contribution in [0.1, 0.15) is 13.8 Å². The van der Waals surface area contributed by atoms with Crippen LogP contribution in [0, 0.1) is 0 Å². The largest absolute Gasteiger partial charge is 0.334 e. The minimum atomic E-state index is -0.736.